The average molecular weight is 348 g/mol. The van der Waals surface area contributed by atoms with Gasteiger partial charge in [0.2, 0.25) is 11.8 Å². The van der Waals surface area contributed by atoms with Crippen LogP contribution in [0.25, 0.3) is 0 Å². The number of carbonyl (C=O) groups is 2. The van der Waals surface area contributed by atoms with E-state index in [0.717, 1.165) is 18.4 Å². The van der Waals surface area contributed by atoms with E-state index in [-0.39, 0.29) is 29.5 Å². The number of hydrogen-bond donors (Lipinski definition) is 1. The lowest BCUT2D eigenvalue weighted by Crippen LogP contribution is -2.45. The van der Waals surface area contributed by atoms with Gasteiger partial charge in [-0.05, 0) is 43.4 Å². The van der Waals surface area contributed by atoms with Gasteiger partial charge in [-0.3, -0.25) is 9.59 Å². The van der Waals surface area contributed by atoms with Crippen molar-refractivity contribution in [2.75, 3.05) is 26.3 Å². The summed E-state index contributed by atoms with van der Waals surface area (Å²) in [6, 6.07) is 6.12. The Morgan fingerprint density at radius 2 is 1.68 bits per heavy atom. The summed E-state index contributed by atoms with van der Waals surface area (Å²) in [7, 11) is 0. The van der Waals surface area contributed by atoms with Crippen molar-refractivity contribution in [2.24, 2.45) is 11.8 Å². The molecule has 0 spiro atoms. The molecule has 0 radical (unpaired) electrons. The van der Waals surface area contributed by atoms with Gasteiger partial charge in [0.05, 0.1) is 0 Å². The third-order valence-electron chi connectivity index (χ3n) is 5.13. The van der Waals surface area contributed by atoms with Gasteiger partial charge < -0.3 is 15.0 Å². The molecule has 2 aliphatic rings. The van der Waals surface area contributed by atoms with Crippen molar-refractivity contribution in [1.82, 2.24) is 10.2 Å². The highest BCUT2D eigenvalue weighted by molar-refractivity contribution is 5.81. The first-order chi connectivity index (χ1) is 12.1. The molecule has 0 bridgehead atoms. The van der Waals surface area contributed by atoms with Gasteiger partial charge in [-0.1, -0.05) is 12.1 Å². The molecule has 2 aliphatic heterocycles. The Morgan fingerprint density at radius 3 is 2.32 bits per heavy atom. The lowest BCUT2D eigenvalue weighted by molar-refractivity contribution is -0.141. The molecule has 0 atom stereocenters. The molecule has 25 heavy (non-hydrogen) atoms. The van der Waals surface area contributed by atoms with E-state index in [9.17, 15) is 14.0 Å². The molecule has 1 aromatic rings. The fraction of sp³-hybridized carbons (Fsp3) is 0.579. The van der Waals surface area contributed by atoms with Crippen molar-refractivity contribution >= 4 is 11.8 Å². The smallest absolute Gasteiger partial charge is 0.225 e. The van der Waals surface area contributed by atoms with E-state index in [1.165, 1.54) is 12.1 Å². The molecule has 6 heteroatoms. The largest absolute Gasteiger partial charge is 0.381 e. The van der Waals surface area contributed by atoms with Crippen molar-refractivity contribution in [3.05, 3.63) is 35.6 Å². The maximum Gasteiger partial charge on any atom is 0.225 e. The van der Waals surface area contributed by atoms with Gasteiger partial charge in [-0.15, -0.1) is 0 Å². The molecular formula is C19H25FN2O3. The lowest BCUT2D eigenvalue weighted by Gasteiger charge is -2.34. The first-order valence-electron chi connectivity index (χ1n) is 9.02. The molecule has 0 aliphatic carbocycles. The summed E-state index contributed by atoms with van der Waals surface area (Å²) in [4.78, 5) is 26.7. The Morgan fingerprint density at radius 1 is 1.04 bits per heavy atom. The van der Waals surface area contributed by atoms with Gasteiger partial charge in [0, 0.05) is 44.7 Å². The number of nitrogens with one attached hydrogen (secondary N) is 1. The molecule has 3 rings (SSSR count). The van der Waals surface area contributed by atoms with E-state index in [4.69, 9.17) is 4.74 Å². The maximum atomic E-state index is 12.9. The van der Waals surface area contributed by atoms with Crippen molar-refractivity contribution in [2.45, 2.75) is 32.2 Å². The van der Waals surface area contributed by atoms with Gasteiger partial charge in [0.1, 0.15) is 5.82 Å². The van der Waals surface area contributed by atoms with Crippen LogP contribution in [0.2, 0.25) is 0 Å². The zero-order valence-corrected chi connectivity index (χ0v) is 14.4. The number of carbonyl (C=O) groups excluding carboxylic acids is 2. The average Bonchev–Trinajstić information content (AvgIpc) is 2.67. The van der Waals surface area contributed by atoms with Crippen molar-refractivity contribution in [3.63, 3.8) is 0 Å². The third kappa shape index (κ3) is 4.78. The lowest BCUT2D eigenvalue weighted by atomic mass is 9.93. The summed E-state index contributed by atoms with van der Waals surface area (Å²) in [5.41, 5.74) is 0.877. The number of amides is 2. The van der Waals surface area contributed by atoms with E-state index in [2.05, 4.69) is 5.32 Å². The zero-order valence-electron chi connectivity index (χ0n) is 14.4. The number of rotatable bonds is 4. The topological polar surface area (TPSA) is 58.6 Å². The fourth-order valence-electron chi connectivity index (χ4n) is 3.50. The Kier molecular flexibility index (Phi) is 6.02. The molecule has 136 valence electrons. The van der Waals surface area contributed by atoms with Gasteiger partial charge >= 0.3 is 0 Å². The molecule has 5 nitrogen and oxygen atoms in total. The first kappa shape index (κ1) is 17.9. The summed E-state index contributed by atoms with van der Waals surface area (Å²) in [5.74, 6) is -0.0237. The highest BCUT2D eigenvalue weighted by Crippen LogP contribution is 2.23. The van der Waals surface area contributed by atoms with Crippen molar-refractivity contribution in [3.8, 4) is 0 Å². The van der Waals surface area contributed by atoms with Crippen LogP contribution in [0.15, 0.2) is 24.3 Å². The third-order valence-corrected chi connectivity index (χ3v) is 5.13. The van der Waals surface area contributed by atoms with Crippen molar-refractivity contribution < 1.29 is 18.7 Å². The van der Waals surface area contributed by atoms with Gasteiger partial charge in [-0.2, -0.15) is 0 Å². The predicted octanol–water partition coefficient (Wildman–Crippen LogP) is 2.11. The Hall–Kier alpha value is -1.95. The number of likely N-dealkylation sites (tertiary alicyclic amines) is 1. The molecule has 2 fully saturated rings. The zero-order chi connectivity index (χ0) is 17.6. The number of piperidine rings is 1. The normalized spacial score (nSPS) is 19.6. The quantitative estimate of drug-likeness (QED) is 0.907. The van der Waals surface area contributed by atoms with Crippen LogP contribution in [0.5, 0.6) is 0 Å². The molecule has 2 heterocycles. The minimum absolute atomic E-state index is 0.0162. The second-order valence-electron chi connectivity index (χ2n) is 6.83. The Balaban J connectivity index is 1.42. The number of benzene rings is 1. The number of ether oxygens (including phenoxy) is 1. The fourth-order valence-corrected chi connectivity index (χ4v) is 3.50. The molecule has 2 amide bonds. The van der Waals surface area contributed by atoms with Gasteiger partial charge in [0.25, 0.3) is 0 Å². The summed E-state index contributed by atoms with van der Waals surface area (Å²) in [6.45, 7) is 3.02. The molecule has 0 unspecified atom stereocenters. The number of hydrogen-bond acceptors (Lipinski definition) is 3. The summed E-state index contributed by atoms with van der Waals surface area (Å²) >= 11 is 0. The van der Waals surface area contributed by atoms with E-state index in [1.807, 2.05) is 4.90 Å². The van der Waals surface area contributed by atoms with Crippen LogP contribution in [-0.4, -0.2) is 43.0 Å². The maximum absolute atomic E-state index is 12.9. The first-order valence-corrected chi connectivity index (χ1v) is 9.02. The highest BCUT2D eigenvalue weighted by atomic mass is 19.1. The van der Waals surface area contributed by atoms with Crippen LogP contribution in [0.1, 0.15) is 31.2 Å². The molecule has 2 saturated heterocycles. The second kappa shape index (κ2) is 8.43. The SMILES string of the molecule is O=C(NCc1ccc(F)cc1)C1CCN(C(=O)C2CCOCC2)CC1. The van der Waals surface area contributed by atoms with Crippen LogP contribution in [-0.2, 0) is 20.9 Å². The van der Waals surface area contributed by atoms with Crippen LogP contribution in [0, 0.1) is 17.7 Å². The van der Waals surface area contributed by atoms with Crippen molar-refractivity contribution in [1.29, 1.82) is 0 Å². The van der Waals surface area contributed by atoms with E-state index >= 15 is 0 Å². The van der Waals surface area contributed by atoms with E-state index in [0.29, 0.717) is 45.7 Å². The second-order valence-corrected chi connectivity index (χ2v) is 6.83. The summed E-state index contributed by atoms with van der Waals surface area (Å²) < 4.78 is 18.2. The van der Waals surface area contributed by atoms with Crippen LogP contribution >= 0.6 is 0 Å². The molecule has 1 N–H and O–H groups in total. The van der Waals surface area contributed by atoms with Gasteiger partial charge in [-0.25, -0.2) is 4.39 Å². The summed E-state index contributed by atoms with van der Waals surface area (Å²) in [6.07, 6.45) is 3.00. The van der Waals surface area contributed by atoms with E-state index < -0.39 is 0 Å². The van der Waals surface area contributed by atoms with Crippen LogP contribution < -0.4 is 5.32 Å². The molecule has 1 aromatic carbocycles. The van der Waals surface area contributed by atoms with Crippen LogP contribution in [0.3, 0.4) is 0 Å². The van der Waals surface area contributed by atoms with Crippen LogP contribution in [0.4, 0.5) is 4.39 Å². The Bertz CT molecular complexity index is 591. The molecule has 0 saturated carbocycles. The molecular weight excluding hydrogens is 323 g/mol. The summed E-state index contributed by atoms with van der Waals surface area (Å²) in [5, 5.41) is 2.91. The minimum atomic E-state index is -0.281. The number of halogens is 1. The minimum Gasteiger partial charge on any atom is -0.381 e. The van der Waals surface area contributed by atoms with E-state index in [1.54, 1.807) is 12.1 Å². The monoisotopic (exact) mass is 348 g/mol. The number of nitrogens with zero attached hydrogens (tertiary/aromatic N) is 1. The highest BCUT2D eigenvalue weighted by Gasteiger charge is 2.31. The Labute approximate surface area is 147 Å². The standard InChI is InChI=1S/C19H25FN2O3/c20-17-3-1-14(2-4-17)13-21-18(23)15-5-9-22(10-6-15)19(24)16-7-11-25-12-8-16/h1-4,15-16H,5-13H2,(H,21,23). The van der Waals surface area contributed by atoms with Gasteiger partial charge in [0.15, 0.2) is 0 Å². The molecule has 0 aromatic heterocycles. The predicted molar refractivity (Wildman–Crippen MR) is 91.1 cm³/mol.